The number of nitrogens with one attached hydrogen (secondary N) is 1. The first kappa shape index (κ1) is 17.4. The van der Waals surface area contributed by atoms with Gasteiger partial charge in [-0.3, -0.25) is 0 Å². The minimum Gasteiger partial charge on any atom is -0.394 e. The van der Waals surface area contributed by atoms with Crippen molar-refractivity contribution in [2.45, 2.75) is 58.9 Å². The summed E-state index contributed by atoms with van der Waals surface area (Å²) in [5.74, 6) is 1.43. The molecule has 0 spiro atoms. The van der Waals surface area contributed by atoms with E-state index in [9.17, 15) is 5.11 Å². The zero-order valence-corrected chi connectivity index (χ0v) is 16.4. The molecule has 0 radical (unpaired) electrons. The molecule has 1 aliphatic rings. The molecule has 0 saturated heterocycles. The van der Waals surface area contributed by atoms with Gasteiger partial charge in [0.15, 0.2) is 0 Å². The predicted molar refractivity (Wildman–Crippen MR) is 105 cm³/mol. The largest absolute Gasteiger partial charge is 0.394 e. The van der Waals surface area contributed by atoms with Crippen LogP contribution in [0.3, 0.4) is 0 Å². The lowest BCUT2D eigenvalue weighted by molar-refractivity contribution is 0.271. The van der Waals surface area contributed by atoms with E-state index in [4.69, 9.17) is 9.97 Å². The van der Waals surface area contributed by atoms with E-state index in [2.05, 4.69) is 17.3 Å². The summed E-state index contributed by atoms with van der Waals surface area (Å²) in [4.78, 5) is 12.1. The molecule has 2 N–H and O–H groups in total. The van der Waals surface area contributed by atoms with Gasteiger partial charge < -0.3 is 10.4 Å². The van der Waals surface area contributed by atoms with E-state index in [-0.39, 0.29) is 12.6 Å². The highest BCUT2D eigenvalue weighted by molar-refractivity contribution is 7.19. The zero-order valence-electron chi connectivity index (χ0n) is 15.5. The molecule has 4 rings (SSSR count). The first-order valence-corrected chi connectivity index (χ1v) is 10.2. The lowest BCUT2D eigenvalue weighted by atomic mass is 9.97. The van der Waals surface area contributed by atoms with Crippen LogP contribution in [0.5, 0.6) is 0 Å². The molecule has 0 aliphatic heterocycles. The first-order chi connectivity index (χ1) is 12.6. The van der Waals surface area contributed by atoms with Gasteiger partial charge >= 0.3 is 0 Å². The minimum absolute atomic E-state index is 0.0134. The smallest absolute Gasteiger partial charge is 0.254 e. The Kier molecular flexibility index (Phi) is 4.67. The highest BCUT2D eigenvalue weighted by atomic mass is 32.1. The summed E-state index contributed by atoms with van der Waals surface area (Å²) in [7, 11) is 0. The summed E-state index contributed by atoms with van der Waals surface area (Å²) in [6.07, 6.45) is 5.51. The number of aliphatic hydroxyl groups is 1. The van der Waals surface area contributed by atoms with Gasteiger partial charge in [0.2, 0.25) is 0 Å². The standard InChI is InChI=1S/C19H25N5OS/c1-4-13(10-25)20-17-16-14-7-5-6-8-15(14)26-18(16)22-19(21-17)24-12(3)9-11(2)23-24/h9,13,25H,4-8,10H2,1-3H3,(H,20,21,22)/t13-/m1/s1. The van der Waals surface area contributed by atoms with Crippen molar-refractivity contribution in [1.29, 1.82) is 0 Å². The second kappa shape index (κ2) is 6.96. The number of aliphatic hydroxyl groups excluding tert-OH is 1. The summed E-state index contributed by atoms with van der Waals surface area (Å²) in [6.45, 7) is 6.15. The van der Waals surface area contributed by atoms with E-state index in [0.29, 0.717) is 5.95 Å². The second-order valence-electron chi connectivity index (χ2n) is 7.03. The highest BCUT2D eigenvalue weighted by Crippen LogP contribution is 2.39. The lowest BCUT2D eigenvalue weighted by Gasteiger charge is -2.18. The fourth-order valence-electron chi connectivity index (χ4n) is 3.65. The molecule has 0 amide bonds. The number of rotatable bonds is 5. The minimum atomic E-state index is -0.0134. The van der Waals surface area contributed by atoms with Crippen LogP contribution in [0.25, 0.3) is 16.2 Å². The Morgan fingerprint density at radius 3 is 2.77 bits per heavy atom. The van der Waals surface area contributed by atoms with Crippen LogP contribution >= 0.6 is 11.3 Å². The average molecular weight is 372 g/mol. The Bertz CT molecular complexity index is 941. The third kappa shape index (κ3) is 2.99. The molecule has 7 heteroatoms. The van der Waals surface area contributed by atoms with Gasteiger partial charge in [-0.2, -0.15) is 15.1 Å². The molecule has 6 nitrogen and oxygen atoms in total. The molecule has 3 heterocycles. The van der Waals surface area contributed by atoms with Crippen molar-refractivity contribution in [3.63, 3.8) is 0 Å². The molecule has 0 fully saturated rings. The molecule has 1 atom stereocenters. The Hall–Kier alpha value is -1.99. The van der Waals surface area contributed by atoms with Crippen molar-refractivity contribution in [3.8, 4) is 5.95 Å². The SMILES string of the molecule is CC[C@H](CO)Nc1nc(-n2nc(C)cc2C)nc2sc3c(c12)CCCC3. The molecule has 0 bridgehead atoms. The summed E-state index contributed by atoms with van der Waals surface area (Å²) in [6, 6.07) is 2.02. The van der Waals surface area contributed by atoms with E-state index in [0.717, 1.165) is 46.7 Å². The Morgan fingerprint density at radius 1 is 1.27 bits per heavy atom. The first-order valence-electron chi connectivity index (χ1n) is 9.34. The van der Waals surface area contributed by atoms with Crippen molar-refractivity contribution in [2.24, 2.45) is 0 Å². The summed E-state index contributed by atoms with van der Waals surface area (Å²) in [5, 5.41) is 18.8. The molecule has 0 aromatic carbocycles. The van der Waals surface area contributed by atoms with Crippen molar-refractivity contribution in [3.05, 3.63) is 27.9 Å². The predicted octanol–water partition coefficient (Wildman–Crippen LogP) is 3.56. The number of nitrogens with zero attached hydrogens (tertiary/aromatic N) is 4. The van der Waals surface area contributed by atoms with Gasteiger partial charge in [-0.05, 0) is 57.6 Å². The number of hydrogen-bond acceptors (Lipinski definition) is 6. The quantitative estimate of drug-likeness (QED) is 0.717. The average Bonchev–Trinajstić information content (AvgIpc) is 3.18. The molecule has 0 saturated carbocycles. The maximum absolute atomic E-state index is 9.66. The second-order valence-corrected chi connectivity index (χ2v) is 8.12. The van der Waals surface area contributed by atoms with Gasteiger partial charge in [-0.1, -0.05) is 6.92 Å². The number of anilines is 1. The molecule has 138 valence electrons. The van der Waals surface area contributed by atoms with Crippen LogP contribution in [-0.2, 0) is 12.8 Å². The molecular weight excluding hydrogens is 346 g/mol. The van der Waals surface area contributed by atoms with Crippen molar-refractivity contribution >= 4 is 27.4 Å². The highest BCUT2D eigenvalue weighted by Gasteiger charge is 2.23. The van der Waals surface area contributed by atoms with Crippen molar-refractivity contribution in [1.82, 2.24) is 19.7 Å². The monoisotopic (exact) mass is 371 g/mol. The number of hydrogen-bond donors (Lipinski definition) is 2. The van der Waals surface area contributed by atoms with E-state index >= 15 is 0 Å². The molecular formula is C19H25N5OS. The van der Waals surface area contributed by atoms with Gasteiger partial charge in [-0.25, -0.2) is 4.68 Å². The fraction of sp³-hybridized carbons (Fsp3) is 0.526. The fourth-order valence-corrected chi connectivity index (χ4v) is 4.90. The van der Waals surface area contributed by atoms with E-state index < -0.39 is 0 Å². The van der Waals surface area contributed by atoms with E-state index in [1.807, 2.05) is 19.9 Å². The van der Waals surface area contributed by atoms with Crippen LogP contribution in [0.4, 0.5) is 5.82 Å². The Balaban J connectivity index is 1.91. The van der Waals surface area contributed by atoms with Crippen LogP contribution in [0, 0.1) is 13.8 Å². The molecule has 1 aliphatic carbocycles. The number of aryl methyl sites for hydroxylation is 4. The summed E-state index contributed by atoms with van der Waals surface area (Å²) in [5.41, 5.74) is 3.36. The Morgan fingerprint density at radius 2 is 2.08 bits per heavy atom. The topological polar surface area (TPSA) is 75.9 Å². The third-order valence-electron chi connectivity index (χ3n) is 5.06. The van der Waals surface area contributed by atoms with Crippen molar-refractivity contribution < 1.29 is 5.11 Å². The van der Waals surface area contributed by atoms with E-state index in [1.165, 1.54) is 23.3 Å². The number of aromatic nitrogens is 4. The van der Waals surface area contributed by atoms with Crippen LogP contribution in [0.15, 0.2) is 6.07 Å². The van der Waals surface area contributed by atoms with Crippen LogP contribution in [0.2, 0.25) is 0 Å². The summed E-state index contributed by atoms with van der Waals surface area (Å²) < 4.78 is 1.80. The summed E-state index contributed by atoms with van der Waals surface area (Å²) >= 11 is 1.78. The van der Waals surface area contributed by atoms with Gasteiger partial charge in [0.1, 0.15) is 10.6 Å². The van der Waals surface area contributed by atoms with Gasteiger partial charge in [-0.15, -0.1) is 11.3 Å². The molecule has 26 heavy (non-hydrogen) atoms. The third-order valence-corrected chi connectivity index (χ3v) is 6.24. The van der Waals surface area contributed by atoms with Gasteiger partial charge in [0.25, 0.3) is 5.95 Å². The molecule has 3 aromatic rings. The maximum Gasteiger partial charge on any atom is 0.254 e. The number of fused-ring (bicyclic) bond motifs is 3. The zero-order chi connectivity index (χ0) is 18.3. The Labute approximate surface area is 157 Å². The molecule has 0 unspecified atom stereocenters. The van der Waals surface area contributed by atoms with Crippen molar-refractivity contribution in [2.75, 3.05) is 11.9 Å². The lowest BCUT2D eigenvalue weighted by Crippen LogP contribution is -2.24. The van der Waals surface area contributed by atoms with Gasteiger partial charge in [0, 0.05) is 10.6 Å². The van der Waals surface area contributed by atoms with Gasteiger partial charge in [0.05, 0.1) is 23.7 Å². The van der Waals surface area contributed by atoms with Crippen LogP contribution in [0.1, 0.15) is 48.0 Å². The number of thiophene rings is 1. The van der Waals surface area contributed by atoms with Crippen LogP contribution < -0.4 is 5.32 Å². The molecule has 3 aromatic heterocycles. The maximum atomic E-state index is 9.66. The van der Waals surface area contributed by atoms with E-state index in [1.54, 1.807) is 16.0 Å². The normalized spacial score (nSPS) is 15.2. The van der Waals surface area contributed by atoms with Crippen LogP contribution in [-0.4, -0.2) is 37.5 Å².